The molecule has 96 valence electrons. The van der Waals surface area contributed by atoms with Crippen molar-refractivity contribution in [1.29, 1.82) is 0 Å². The Hall–Kier alpha value is -1.67. The van der Waals surface area contributed by atoms with Gasteiger partial charge in [0.2, 0.25) is 0 Å². The van der Waals surface area contributed by atoms with Crippen molar-refractivity contribution in [3.63, 3.8) is 0 Å². The van der Waals surface area contributed by atoms with E-state index in [2.05, 4.69) is 20.3 Å². The predicted molar refractivity (Wildman–Crippen MR) is 49.1 cm³/mol. The highest BCUT2D eigenvalue weighted by atomic mass is 19.4. The summed E-state index contributed by atoms with van der Waals surface area (Å²) in [6.45, 7) is 1.67. The molecule has 0 fully saturated rings. The first-order chi connectivity index (χ1) is 7.94. The van der Waals surface area contributed by atoms with Crippen molar-refractivity contribution in [2.45, 2.75) is 32.5 Å². The number of carbonyl (C=O) groups is 1. The maximum absolute atomic E-state index is 11.9. The Morgan fingerprint density at radius 3 is 2.76 bits per heavy atom. The Balaban J connectivity index is 2.54. The molecule has 0 aliphatic carbocycles. The van der Waals surface area contributed by atoms with Crippen LogP contribution in [0.5, 0.6) is 0 Å². The highest BCUT2D eigenvalue weighted by Crippen LogP contribution is 2.21. The van der Waals surface area contributed by atoms with Crippen LogP contribution in [-0.4, -0.2) is 39.0 Å². The van der Waals surface area contributed by atoms with E-state index in [1.54, 1.807) is 6.92 Å². The maximum atomic E-state index is 11.9. The summed E-state index contributed by atoms with van der Waals surface area (Å²) in [6.07, 6.45) is -5.37. The number of alkyl halides is 3. The molecular weight excluding hydrogens is 241 g/mol. The van der Waals surface area contributed by atoms with E-state index in [1.807, 2.05) is 0 Å². The van der Waals surface area contributed by atoms with Gasteiger partial charge >= 0.3 is 12.1 Å². The summed E-state index contributed by atoms with van der Waals surface area (Å²) in [7, 11) is 0. The third-order valence-electron chi connectivity index (χ3n) is 1.82. The Labute approximate surface area is 94.7 Å². The molecule has 1 aromatic heterocycles. The van der Waals surface area contributed by atoms with Gasteiger partial charge in [0.1, 0.15) is 0 Å². The second-order valence-corrected chi connectivity index (χ2v) is 3.16. The smallest absolute Gasteiger partial charge is 0.389 e. The molecule has 1 rings (SSSR count). The molecule has 1 aromatic rings. The first-order valence-corrected chi connectivity index (χ1v) is 4.94. The van der Waals surface area contributed by atoms with Gasteiger partial charge in [-0.3, -0.25) is 0 Å². The normalized spacial score (nSPS) is 11.5. The van der Waals surface area contributed by atoms with Crippen molar-refractivity contribution in [3.05, 3.63) is 5.82 Å². The molecule has 0 saturated heterocycles. The van der Waals surface area contributed by atoms with Gasteiger partial charge in [0, 0.05) is 13.0 Å². The van der Waals surface area contributed by atoms with Crippen molar-refractivity contribution >= 4 is 5.97 Å². The van der Waals surface area contributed by atoms with Crippen LogP contribution < -0.4 is 0 Å². The van der Waals surface area contributed by atoms with Gasteiger partial charge in [-0.2, -0.15) is 13.2 Å². The van der Waals surface area contributed by atoms with Crippen LogP contribution in [0, 0.1) is 0 Å². The number of hydrogen-bond donors (Lipinski definition) is 0. The van der Waals surface area contributed by atoms with E-state index in [-0.39, 0.29) is 25.4 Å². The van der Waals surface area contributed by atoms with Crippen LogP contribution >= 0.6 is 0 Å². The van der Waals surface area contributed by atoms with Crippen molar-refractivity contribution < 1.29 is 22.7 Å². The highest BCUT2D eigenvalue weighted by Gasteiger charge is 2.26. The highest BCUT2D eigenvalue weighted by molar-refractivity contribution is 5.85. The van der Waals surface area contributed by atoms with Gasteiger partial charge < -0.3 is 4.74 Å². The minimum Gasteiger partial charge on any atom is -0.460 e. The standard InChI is InChI=1S/C8H11F3N4O2/c1-2-17-7(16)6-12-13-14-15(6)5-3-4-8(9,10)11/h2-5H2,1H3. The second kappa shape index (κ2) is 5.60. The lowest BCUT2D eigenvalue weighted by atomic mass is 10.3. The van der Waals surface area contributed by atoms with E-state index in [9.17, 15) is 18.0 Å². The topological polar surface area (TPSA) is 69.9 Å². The SMILES string of the molecule is CCOC(=O)c1nnnn1CCCC(F)(F)F. The average molecular weight is 252 g/mol. The van der Waals surface area contributed by atoms with E-state index in [0.717, 1.165) is 4.68 Å². The predicted octanol–water partition coefficient (Wildman–Crippen LogP) is 1.19. The summed E-state index contributed by atoms with van der Waals surface area (Å²) in [5.41, 5.74) is 0. The molecule has 0 unspecified atom stereocenters. The molecule has 0 atom stereocenters. The number of halogens is 3. The monoisotopic (exact) mass is 252 g/mol. The Bertz CT molecular complexity index is 377. The van der Waals surface area contributed by atoms with Crippen LogP contribution in [0.15, 0.2) is 0 Å². The van der Waals surface area contributed by atoms with Gasteiger partial charge in [-0.05, 0) is 23.8 Å². The molecule has 0 bridgehead atoms. The maximum Gasteiger partial charge on any atom is 0.389 e. The summed E-state index contributed by atoms with van der Waals surface area (Å²) >= 11 is 0. The van der Waals surface area contributed by atoms with Gasteiger partial charge in [-0.15, -0.1) is 5.10 Å². The average Bonchev–Trinajstić information content (AvgIpc) is 2.64. The summed E-state index contributed by atoms with van der Waals surface area (Å²) in [4.78, 5) is 11.3. The minimum atomic E-state index is -4.22. The van der Waals surface area contributed by atoms with E-state index < -0.39 is 18.6 Å². The van der Waals surface area contributed by atoms with E-state index in [1.165, 1.54) is 0 Å². The quantitative estimate of drug-likeness (QED) is 0.736. The van der Waals surface area contributed by atoms with Crippen LogP contribution in [0.2, 0.25) is 0 Å². The summed E-state index contributed by atoms with van der Waals surface area (Å²) in [5, 5.41) is 10.0. The van der Waals surface area contributed by atoms with Crippen LogP contribution in [-0.2, 0) is 11.3 Å². The fourth-order valence-corrected chi connectivity index (χ4v) is 1.13. The third kappa shape index (κ3) is 4.37. The number of aromatic nitrogens is 4. The van der Waals surface area contributed by atoms with E-state index in [0.29, 0.717) is 0 Å². The fourth-order valence-electron chi connectivity index (χ4n) is 1.13. The molecular formula is C8H11F3N4O2. The molecule has 0 amide bonds. The van der Waals surface area contributed by atoms with Crippen LogP contribution in [0.25, 0.3) is 0 Å². The molecule has 0 aliphatic heterocycles. The first kappa shape index (κ1) is 13.4. The number of tetrazole rings is 1. The van der Waals surface area contributed by atoms with Crippen molar-refractivity contribution in [2.24, 2.45) is 0 Å². The molecule has 0 aliphatic rings. The summed E-state index contributed by atoms with van der Waals surface area (Å²) < 4.78 is 41.4. The number of ether oxygens (including phenoxy) is 1. The molecule has 0 aromatic carbocycles. The van der Waals surface area contributed by atoms with Crippen molar-refractivity contribution in [1.82, 2.24) is 20.2 Å². The largest absolute Gasteiger partial charge is 0.460 e. The number of nitrogens with zero attached hydrogens (tertiary/aromatic N) is 4. The lowest BCUT2D eigenvalue weighted by Crippen LogP contribution is -2.16. The number of carbonyl (C=O) groups excluding carboxylic acids is 1. The van der Waals surface area contributed by atoms with Crippen LogP contribution in [0.3, 0.4) is 0 Å². The van der Waals surface area contributed by atoms with Crippen LogP contribution in [0.1, 0.15) is 30.4 Å². The molecule has 9 heteroatoms. The summed E-state index contributed by atoms with van der Waals surface area (Å²) in [6, 6.07) is 0. The number of hydrogen-bond acceptors (Lipinski definition) is 5. The fraction of sp³-hybridized carbons (Fsp3) is 0.750. The van der Waals surface area contributed by atoms with Crippen molar-refractivity contribution in [2.75, 3.05) is 6.61 Å². The van der Waals surface area contributed by atoms with Gasteiger partial charge in [0.25, 0.3) is 5.82 Å². The zero-order valence-electron chi connectivity index (χ0n) is 9.07. The van der Waals surface area contributed by atoms with Gasteiger partial charge in [0.15, 0.2) is 0 Å². The lowest BCUT2D eigenvalue weighted by molar-refractivity contribution is -0.136. The van der Waals surface area contributed by atoms with Gasteiger partial charge in [-0.1, -0.05) is 0 Å². The molecule has 6 nitrogen and oxygen atoms in total. The van der Waals surface area contributed by atoms with Gasteiger partial charge in [0.05, 0.1) is 6.61 Å². The number of rotatable bonds is 5. The Kier molecular flexibility index (Phi) is 4.41. The van der Waals surface area contributed by atoms with Crippen molar-refractivity contribution in [3.8, 4) is 0 Å². The van der Waals surface area contributed by atoms with Crippen LogP contribution in [0.4, 0.5) is 13.2 Å². The Morgan fingerprint density at radius 1 is 1.47 bits per heavy atom. The Morgan fingerprint density at radius 2 is 2.18 bits per heavy atom. The zero-order chi connectivity index (χ0) is 12.9. The van der Waals surface area contributed by atoms with E-state index in [4.69, 9.17) is 0 Å². The first-order valence-electron chi connectivity index (χ1n) is 4.94. The molecule has 0 N–H and O–H groups in total. The number of esters is 1. The number of aryl methyl sites for hydroxylation is 1. The van der Waals surface area contributed by atoms with E-state index >= 15 is 0 Å². The molecule has 17 heavy (non-hydrogen) atoms. The second-order valence-electron chi connectivity index (χ2n) is 3.16. The molecule has 0 saturated carbocycles. The lowest BCUT2D eigenvalue weighted by Gasteiger charge is -2.06. The molecule has 0 radical (unpaired) electrons. The summed E-state index contributed by atoms with van der Waals surface area (Å²) in [5.74, 6) is -0.932. The molecule has 1 heterocycles. The molecule has 0 spiro atoms. The third-order valence-corrected chi connectivity index (χ3v) is 1.82. The minimum absolute atomic E-state index is 0.0827. The van der Waals surface area contributed by atoms with Gasteiger partial charge in [-0.25, -0.2) is 9.48 Å². The zero-order valence-corrected chi connectivity index (χ0v) is 9.07.